The Morgan fingerprint density at radius 1 is 0.839 bits per heavy atom. The van der Waals surface area contributed by atoms with Crippen LogP contribution < -0.4 is 4.74 Å². The second-order valence-electron chi connectivity index (χ2n) is 7.18. The van der Waals surface area contributed by atoms with Crippen LogP contribution in [0.25, 0.3) is 17.2 Å². The van der Waals surface area contributed by atoms with Crippen molar-refractivity contribution in [2.75, 3.05) is 26.3 Å². The van der Waals surface area contributed by atoms with Crippen LogP contribution in [0.2, 0.25) is 0 Å². The molecule has 156 valence electrons. The molecule has 1 aliphatic heterocycles. The van der Waals surface area contributed by atoms with Crippen molar-refractivity contribution in [3.8, 4) is 16.9 Å². The lowest BCUT2D eigenvalue weighted by molar-refractivity contribution is 0.0416. The molecule has 5 nitrogen and oxygen atoms in total. The van der Waals surface area contributed by atoms with E-state index >= 15 is 0 Å². The Bertz CT molecular complexity index is 1070. The van der Waals surface area contributed by atoms with Gasteiger partial charge in [0, 0.05) is 18.7 Å². The van der Waals surface area contributed by atoms with Crippen LogP contribution in [0.15, 0.2) is 84.9 Å². The van der Waals surface area contributed by atoms with Gasteiger partial charge in [-0.05, 0) is 34.9 Å². The van der Waals surface area contributed by atoms with Gasteiger partial charge in [0.1, 0.15) is 5.75 Å². The third-order valence-electron chi connectivity index (χ3n) is 5.04. The molecule has 3 aromatic rings. The molecule has 4 rings (SSSR count). The summed E-state index contributed by atoms with van der Waals surface area (Å²) in [6.45, 7) is 2.09. The quantitative estimate of drug-likeness (QED) is 0.432. The van der Waals surface area contributed by atoms with E-state index in [1.807, 2.05) is 60.7 Å². The van der Waals surface area contributed by atoms with Crippen molar-refractivity contribution in [3.05, 3.63) is 96.1 Å². The van der Waals surface area contributed by atoms with E-state index in [0.29, 0.717) is 37.6 Å². The standard InChI is InChI=1S/C26H23NO4/c28-25(23-12-10-22(11-13-23)21-6-2-1-3-7-21)14-9-20-5-4-8-24(19-20)31-26(29)27-15-17-30-18-16-27/h1-14,19H,15-18H2/b14-9+. The van der Waals surface area contributed by atoms with Gasteiger partial charge in [-0.3, -0.25) is 4.79 Å². The number of allylic oxidation sites excluding steroid dienone is 1. The lowest BCUT2D eigenvalue weighted by atomic mass is 10.0. The van der Waals surface area contributed by atoms with E-state index in [1.54, 1.807) is 29.2 Å². The number of ether oxygens (including phenoxy) is 2. The zero-order chi connectivity index (χ0) is 21.5. The van der Waals surface area contributed by atoms with Gasteiger partial charge in [-0.25, -0.2) is 4.79 Å². The van der Waals surface area contributed by atoms with E-state index < -0.39 is 0 Å². The number of ketones is 1. The molecule has 1 amide bonds. The van der Waals surface area contributed by atoms with Gasteiger partial charge in [0.05, 0.1) is 13.2 Å². The highest BCUT2D eigenvalue weighted by molar-refractivity contribution is 6.07. The summed E-state index contributed by atoms with van der Waals surface area (Å²) < 4.78 is 10.7. The Kier molecular flexibility index (Phi) is 6.55. The molecule has 1 aliphatic rings. The Hall–Kier alpha value is -3.70. The normalized spacial score (nSPS) is 13.9. The lowest BCUT2D eigenvalue weighted by Crippen LogP contribution is -2.42. The predicted octanol–water partition coefficient (Wildman–Crippen LogP) is 5.08. The fraction of sp³-hybridized carbons (Fsp3) is 0.154. The van der Waals surface area contributed by atoms with Crippen molar-refractivity contribution in [1.82, 2.24) is 4.90 Å². The highest BCUT2D eigenvalue weighted by atomic mass is 16.6. The minimum absolute atomic E-state index is 0.0877. The smallest absolute Gasteiger partial charge is 0.410 e. The van der Waals surface area contributed by atoms with Crippen LogP contribution in [-0.2, 0) is 4.74 Å². The first-order chi connectivity index (χ1) is 15.2. The molecular formula is C26H23NO4. The van der Waals surface area contributed by atoms with E-state index in [1.165, 1.54) is 6.08 Å². The molecule has 0 spiro atoms. The molecule has 1 saturated heterocycles. The van der Waals surface area contributed by atoms with Gasteiger partial charge < -0.3 is 14.4 Å². The summed E-state index contributed by atoms with van der Waals surface area (Å²) in [5.74, 6) is 0.355. The lowest BCUT2D eigenvalue weighted by Gasteiger charge is -2.25. The summed E-state index contributed by atoms with van der Waals surface area (Å²) in [6.07, 6.45) is 2.86. The summed E-state index contributed by atoms with van der Waals surface area (Å²) in [5.41, 5.74) is 3.57. The van der Waals surface area contributed by atoms with Crippen molar-refractivity contribution >= 4 is 18.0 Å². The number of morpholine rings is 1. The summed E-state index contributed by atoms with van der Waals surface area (Å²) in [7, 11) is 0. The summed E-state index contributed by atoms with van der Waals surface area (Å²) in [5, 5.41) is 0. The largest absolute Gasteiger partial charge is 0.415 e. The average molecular weight is 413 g/mol. The first-order valence-corrected chi connectivity index (χ1v) is 10.2. The average Bonchev–Trinajstić information content (AvgIpc) is 2.84. The summed E-state index contributed by atoms with van der Waals surface area (Å²) in [6, 6.07) is 24.7. The third kappa shape index (κ3) is 5.47. The molecule has 0 radical (unpaired) electrons. The number of nitrogens with zero attached hydrogens (tertiary/aromatic N) is 1. The molecule has 1 fully saturated rings. The SMILES string of the molecule is O=C(/C=C/c1cccc(OC(=O)N2CCOCC2)c1)c1ccc(-c2ccccc2)cc1. The number of hydrogen-bond acceptors (Lipinski definition) is 4. The predicted molar refractivity (Wildman–Crippen MR) is 120 cm³/mol. The molecule has 0 aromatic heterocycles. The van der Waals surface area contributed by atoms with E-state index in [0.717, 1.165) is 16.7 Å². The van der Waals surface area contributed by atoms with Crippen molar-refractivity contribution < 1.29 is 19.1 Å². The third-order valence-corrected chi connectivity index (χ3v) is 5.04. The highest BCUT2D eigenvalue weighted by Gasteiger charge is 2.18. The molecule has 0 bridgehead atoms. The Balaban J connectivity index is 1.39. The fourth-order valence-corrected chi connectivity index (χ4v) is 3.32. The molecule has 3 aromatic carbocycles. The molecule has 0 unspecified atom stereocenters. The first kappa shape index (κ1) is 20.6. The molecule has 0 N–H and O–H groups in total. The van der Waals surface area contributed by atoms with Crippen molar-refractivity contribution in [3.63, 3.8) is 0 Å². The number of rotatable bonds is 5. The topological polar surface area (TPSA) is 55.8 Å². The van der Waals surface area contributed by atoms with Gasteiger partial charge in [0.2, 0.25) is 0 Å². The Morgan fingerprint density at radius 3 is 2.29 bits per heavy atom. The monoisotopic (exact) mass is 413 g/mol. The zero-order valence-corrected chi connectivity index (χ0v) is 17.1. The van der Waals surface area contributed by atoms with E-state index in [9.17, 15) is 9.59 Å². The maximum atomic E-state index is 12.5. The maximum Gasteiger partial charge on any atom is 0.415 e. The minimum Gasteiger partial charge on any atom is -0.410 e. The molecule has 0 atom stereocenters. The van der Waals surface area contributed by atoms with E-state index in [-0.39, 0.29) is 11.9 Å². The van der Waals surface area contributed by atoms with E-state index in [4.69, 9.17) is 9.47 Å². The van der Waals surface area contributed by atoms with Crippen LogP contribution in [0.5, 0.6) is 5.75 Å². The molecular weight excluding hydrogens is 390 g/mol. The molecule has 0 aliphatic carbocycles. The Labute approximate surface area is 181 Å². The summed E-state index contributed by atoms with van der Waals surface area (Å²) in [4.78, 5) is 26.4. The van der Waals surface area contributed by atoms with Gasteiger partial charge in [-0.1, -0.05) is 72.8 Å². The molecule has 5 heteroatoms. The number of amides is 1. The number of hydrogen-bond donors (Lipinski definition) is 0. The number of benzene rings is 3. The fourth-order valence-electron chi connectivity index (χ4n) is 3.32. The number of carbonyl (C=O) groups is 2. The second-order valence-corrected chi connectivity index (χ2v) is 7.18. The zero-order valence-electron chi connectivity index (χ0n) is 17.1. The van der Waals surface area contributed by atoms with Crippen molar-refractivity contribution in [1.29, 1.82) is 0 Å². The van der Waals surface area contributed by atoms with Crippen LogP contribution in [0.1, 0.15) is 15.9 Å². The molecule has 1 heterocycles. The maximum absolute atomic E-state index is 12.5. The minimum atomic E-state index is -0.390. The van der Waals surface area contributed by atoms with Crippen LogP contribution in [0, 0.1) is 0 Å². The van der Waals surface area contributed by atoms with Gasteiger partial charge in [-0.2, -0.15) is 0 Å². The van der Waals surface area contributed by atoms with Gasteiger partial charge in [0.25, 0.3) is 0 Å². The summed E-state index contributed by atoms with van der Waals surface area (Å²) >= 11 is 0. The van der Waals surface area contributed by atoms with Crippen LogP contribution in [0.4, 0.5) is 4.79 Å². The van der Waals surface area contributed by atoms with Crippen LogP contribution in [-0.4, -0.2) is 43.1 Å². The second kappa shape index (κ2) is 9.87. The van der Waals surface area contributed by atoms with E-state index in [2.05, 4.69) is 0 Å². The van der Waals surface area contributed by atoms with Gasteiger partial charge in [0.15, 0.2) is 5.78 Å². The van der Waals surface area contributed by atoms with Gasteiger partial charge >= 0.3 is 6.09 Å². The highest BCUT2D eigenvalue weighted by Crippen LogP contribution is 2.20. The molecule has 0 saturated carbocycles. The van der Waals surface area contributed by atoms with Crippen LogP contribution >= 0.6 is 0 Å². The Morgan fingerprint density at radius 2 is 1.55 bits per heavy atom. The number of carbonyl (C=O) groups excluding carboxylic acids is 2. The van der Waals surface area contributed by atoms with Crippen molar-refractivity contribution in [2.24, 2.45) is 0 Å². The van der Waals surface area contributed by atoms with Crippen LogP contribution in [0.3, 0.4) is 0 Å². The first-order valence-electron chi connectivity index (χ1n) is 10.2. The molecule has 31 heavy (non-hydrogen) atoms. The van der Waals surface area contributed by atoms with Crippen molar-refractivity contribution in [2.45, 2.75) is 0 Å². The van der Waals surface area contributed by atoms with Gasteiger partial charge in [-0.15, -0.1) is 0 Å².